The van der Waals surface area contributed by atoms with Crippen molar-refractivity contribution in [2.75, 3.05) is 26.7 Å². The van der Waals surface area contributed by atoms with E-state index in [1.54, 1.807) is 4.90 Å². The number of hydrogen-bond donors (Lipinski definition) is 2. The highest BCUT2D eigenvalue weighted by Crippen LogP contribution is 2.32. The largest absolute Gasteiger partial charge is 0.481 e. The van der Waals surface area contributed by atoms with Gasteiger partial charge in [-0.3, -0.25) is 19.7 Å². The molecule has 3 aromatic carbocycles. The van der Waals surface area contributed by atoms with E-state index in [9.17, 15) is 19.5 Å². The Morgan fingerprint density at radius 1 is 0.929 bits per heavy atom. The molecule has 9 nitrogen and oxygen atoms in total. The second-order valence-electron chi connectivity index (χ2n) is 11.1. The summed E-state index contributed by atoms with van der Waals surface area (Å²) in [6.45, 7) is 3.53. The quantitative estimate of drug-likeness (QED) is 0.366. The molecular weight excluding hydrogens is 530 g/mol. The normalized spacial score (nSPS) is 20.5. The van der Waals surface area contributed by atoms with Crippen molar-refractivity contribution in [3.8, 4) is 0 Å². The van der Waals surface area contributed by atoms with Crippen LogP contribution < -0.4 is 5.32 Å². The maximum atomic E-state index is 14.1. The van der Waals surface area contributed by atoms with Crippen molar-refractivity contribution in [2.24, 2.45) is 0 Å². The summed E-state index contributed by atoms with van der Waals surface area (Å²) >= 11 is 0. The van der Waals surface area contributed by atoms with Crippen LogP contribution in [0.4, 0.5) is 0 Å². The number of hydrogen-bond acceptors (Lipinski definition) is 6. The zero-order valence-electron chi connectivity index (χ0n) is 24.2. The Kier molecular flexibility index (Phi) is 9.31. The Labute approximate surface area is 247 Å². The number of carbonyl (C=O) groups is 3. The molecule has 2 saturated heterocycles. The number of carboxylic acid groups (broad SMARTS) is 1. The third-order valence-electron chi connectivity index (χ3n) is 8.27. The average Bonchev–Trinajstić information content (AvgIpc) is 3.00. The summed E-state index contributed by atoms with van der Waals surface area (Å²) in [5.41, 5.74) is 3.32. The van der Waals surface area contributed by atoms with E-state index in [1.165, 1.54) is 0 Å². The number of likely N-dealkylation sites (N-methyl/N-ethyl adjacent to an activating group) is 1. The molecule has 9 heteroatoms. The van der Waals surface area contributed by atoms with Crippen molar-refractivity contribution in [2.45, 2.75) is 50.6 Å². The topological polar surface area (TPSA) is 96.4 Å². The lowest BCUT2D eigenvalue weighted by molar-refractivity contribution is -0.210. The van der Waals surface area contributed by atoms with E-state index in [0.29, 0.717) is 19.6 Å². The highest BCUT2D eigenvalue weighted by molar-refractivity contribution is 5.90. The molecule has 2 fully saturated rings. The first-order chi connectivity index (χ1) is 20.3. The molecule has 0 radical (unpaired) electrons. The lowest BCUT2D eigenvalue weighted by atomic mass is 9.90. The molecule has 2 heterocycles. The van der Waals surface area contributed by atoms with Crippen LogP contribution in [0, 0.1) is 0 Å². The molecule has 0 aromatic heterocycles. The van der Waals surface area contributed by atoms with Gasteiger partial charge in [0.25, 0.3) is 0 Å². The summed E-state index contributed by atoms with van der Waals surface area (Å²) < 4.78 is 0. The second-order valence-corrected chi connectivity index (χ2v) is 11.1. The van der Waals surface area contributed by atoms with Crippen molar-refractivity contribution in [3.05, 3.63) is 108 Å². The van der Waals surface area contributed by atoms with Gasteiger partial charge in [0.1, 0.15) is 12.2 Å². The molecule has 3 atom stereocenters. The molecule has 0 spiro atoms. The Morgan fingerprint density at radius 3 is 2.07 bits per heavy atom. The van der Waals surface area contributed by atoms with E-state index < -0.39 is 18.2 Å². The Hall–Kier alpha value is -4.05. The van der Waals surface area contributed by atoms with Crippen molar-refractivity contribution >= 4 is 17.8 Å². The Balaban J connectivity index is 1.46. The summed E-state index contributed by atoms with van der Waals surface area (Å²) in [6, 6.07) is 29.5. The molecule has 0 bridgehead atoms. The molecule has 0 saturated carbocycles. The van der Waals surface area contributed by atoms with Gasteiger partial charge in [-0.15, -0.1) is 0 Å². The van der Waals surface area contributed by atoms with Gasteiger partial charge in [-0.1, -0.05) is 91.0 Å². The van der Waals surface area contributed by atoms with Gasteiger partial charge in [0.2, 0.25) is 11.8 Å². The van der Waals surface area contributed by atoms with Crippen molar-refractivity contribution in [3.63, 3.8) is 0 Å². The number of amides is 2. The molecule has 2 N–H and O–H groups in total. The zero-order valence-corrected chi connectivity index (χ0v) is 24.2. The molecule has 0 aliphatic carbocycles. The van der Waals surface area contributed by atoms with E-state index in [-0.39, 0.29) is 43.3 Å². The average molecular weight is 570 g/mol. The molecule has 2 aliphatic rings. The standard InChI is InChI=1S/C33H39N5O4/c1-24(34-20-25-12-6-3-7-13-25)38-30-22-36(21-28(26-14-8-4-9-15-26)27-16-10-5-11-17-27)33(42)29(18-19-32(40)41)37(30)31(39)23-35(38)2/h3-17,24,28-30,34H,18-23H2,1-2H3,(H,40,41)/t24?,29-,30-/m0/s1. The van der Waals surface area contributed by atoms with Gasteiger partial charge in [-0.2, -0.15) is 0 Å². The van der Waals surface area contributed by atoms with Crippen LogP contribution in [0.3, 0.4) is 0 Å². The third-order valence-corrected chi connectivity index (χ3v) is 8.27. The number of hydrazine groups is 1. The summed E-state index contributed by atoms with van der Waals surface area (Å²) in [7, 11) is 1.89. The van der Waals surface area contributed by atoms with Crippen molar-refractivity contribution in [1.82, 2.24) is 25.1 Å². The fourth-order valence-corrected chi connectivity index (χ4v) is 6.24. The molecule has 42 heavy (non-hydrogen) atoms. The molecule has 2 amide bonds. The van der Waals surface area contributed by atoms with E-state index in [1.807, 2.05) is 71.6 Å². The van der Waals surface area contributed by atoms with E-state index in [2.05, 4.69) is 53.6 Å². The molecular formula is C33H39N5O4. The van der Waals surface area contributed by atoms with E-state index in [0.717, 1.165) is 16.7 Å². The lowest BCUT2D eigenvalue weighted by Crippen LogP contribution is -2.76. The van der Waals surface area contributed by atoms with Crippen LogP contribution in [0.15, 0.2) is 91.0 Å². The van der Waals surface area contributed by atoms with Crippen LogP contribution in [0.25, 0.3) is 0 Å². The fraction of sp³-hybridized carbons (Fsp3) is 0.364. The summed E-state index contributed by atoms with van der Waals surface area (Å²) in [6.07, 6.45) is -0.736. The van der Waals surface area contributed by atoms with Gasteiger partial charge in [0.15, 0.2) is 0 Å². The molecule has 3 aromatic rings. The van der Waals surface area contributed by atoms with Crippen LogP contribution in [-0.2, 0) is 20.9 Å². The van der Waals surface area contributed by atoms with Gasteiger partial charge in [-0.05, 0) is 30.0 Å². The third kappa shape index (κ3) is 6.54. The highest BCUT2D eigenvalue weighted by atomic mass is 16.4. The first-order valence-corrected chi connectivity index (χ1v) is 14.5. The number of nitrogens with zero attached hydrogens (tertiary/aromatic N) is 4. The van der Waals surface area contributed by atoms with Gasteiger partial charge in [0, 0.05) is 32.5 Å². The number of rotatable bonds is 11. The van der Waals surface area contributed by atoms with Gasteiger partial charge >= 0.3 is 5.97 Å². The number of benzene rings is 3. The smallest absolute Gasteiger partial charge is 0.303 e. The number of piperazine rings is 1. The molecule has 5 rings (SSSR count). The van der Waals surface area contributed by atoms with E-state index >= 15 is 0 Å². The number of carboxylic acids is 1. The zero-order chi connectivity index (χ0) is 29.6. The molecule has 220 valence electrons. The number of nitrogens with one attached hydrogen (secondary N) is 1. The maximum absolute atomic E-state index is 14.1. The maximum Gasteiger partial charge on any atom is 0.303 e. The van der Waals surface area contributed by atoms with Crippen LogP contribution in [0.5, 0.6) is 0 Å². The SMILES string of the molecule is CC(NCc1ccccc1)N1[C@H]2CN(CC(c3ccccc3)c3ccccc3)C(=O)[C@H](CCC(=O)O)N2C(=O)CN1C. The number of fused-ring (bicyclic) bond motifs is 1. The van der Waals surface area contributed by atoms with Crippen LogP contribution in [-0.4, -0.2) is 87.8 Å². The minimum Gasteiger partial charge on any atom is -0.481 e. The van der Waals surface area contributed by atoms with Gasteiger partial charge < -0.3 is 14.9 Å². The lowest BCUT2D eigenvalue weighted by Gasteiger charge is -2.56. The van der Waals surface area contributed by atoms with E-state index in [4.69, 9.17) is 0 Å². The molecule has 2 aliphatic heterocycles. The van der Waals surface area contributed by atoms with Crippen LogP contribution in [0.2, 0.25) is 0 Å². The number of aliphatic carboxylic acids is 1. The molecule has 1 unspecified atom stereocenters. The van der Waals surface area contributed by atoms with Crippen LogP contribution in [0.1, 0.15) is 42.4 Å². The second kappa shape index (κ2) is 13.3. The summed E-state index contributed by atoms with van der Waals surface area (Å²) in [5, 5.41) is 17.1. The monoisotopic (exact) mass is 569 g/mol. The first kappa shape index (κ1) is 29.4. The Bertz CT molecular complexity index is 1320. The van der Waals surface area contributed by atoms with Gasteiger partial charge in [-0.25, -0.2) is 10.0 Å². The first-order valence-electron chi connectivity index (χ1n) is 14.5. The summed E-state index contributed by atoms with van der Waals surface area (Å²) in [5.74, 6) is -1.44. The predicted octanol–water partition coefficient (Wildman–Crippen LogP) is 3.35. The Morgan fingerprint density at radius 2 is 1.50 bits per heavy atom. The van der Waals surface area contributed by atoms with Crippen LogP contribution >= 0.6 is 0 Å². The number of carbonyl (C=O) groups excluding carboxylic acids is 2. The highest BCUT2D eigenvalue weighted by Gasteiger charge is 2.50. The van der Waals surface area contributed by atoms with Crippen molar-refractivity contribution < 1.29 is 19.5 Å². The predicted molar refractivity (Wildman–Crippen MR) is 160 cm³/mol. The van der Waals surface area contributed by atoms with Crippen molar-refractivity contribution in [1.29, 1.82) is 0 Å². The minimum absolute atomic E-state index is 0.0671. The minimum atomic E-state index is -0.987. The summed E-state index contributed by atoms with van der Waals surface area (Å²) in [4.78, 5) is 42.7. The fourth-order valence-electron chi connectivity index (χ4n) is 6.24. The van der Waals surface area contributed by atoms with Gasteiger partial charge in [0.05, 0.1) is 19.3 Å².